The summed E-state index contributed by atoms with van der Waals surface area (Å²) in [5, 5.41) is 8.89. The number of hydrogen-bond acceptors (Lipinski definition) is 3. The summed E-state index contributed by atoms with van der Waals surface area (Å²) in [5.74, 6) is -0.539. The Morgan fingerprint density at radius 1 is 1.55 bits per heavy atom. The van der Waals surface area contributed by atoms with Gasteiger partial charge in [0.05, 0.1) is 6.10 Å². The molecule has 0 bridgehead atoms. The molecule has 0 heterocycles. The summed E-state index contributed by atoms with van der Waals surface area (Å²) >= 11 is 0. The molecular formula is C7H14N2O2. The molecule has 0 aliphatic carbocycles. The lowest BCUT2D eigenvalue weighted by Crippen LogP contribution is -2.18. The number of rotatable bonds is 3. The van der Waals surface area contributed by atoms with Crippen molar-refractivity contribution < 1.29 is 9.90 Å². The van der Waals surface area contributed by atoms with Gasteiger partial charge in [-0.05, 0) is 13.8 Å². The van der Waals surface area contributed by atoms with Gasteiger partial charge in [0, 0.05) is 17.7 Å². The summed E-state index contributed by atoms with van der Waals surface area (Å²) in [6.07, 6.45) is -0.251. The van der Waals surface area contributed by atoms with Crippen LogP contribution < -0.4 is 11.5 Å². The fraction of sp³-hybridized carbons (Fsp3) is 0.571. The summed E-state index contributed by atoms with van der Waals surface area (Å²) in [7, 11) is 0. The molecule has 0 aromatic carbocycles. The number of primary amides is 1. The molecule has 0 aromatic rings. The Morgan fingerprint density at radius 3 is 2.27 bits per heavy atom. The topological polar surface area (TPSA) is 89.3 Å². The van der Waals surface area contributed by atoms with Crippen molar-refractivity contribution in [3.05, 3.63) is 11.3 Å². The Balaban J connectivity index is 4.28. The number of amides is 1. The number of carbonyl (C=O) groups excluding carboxylic acids is 1. The third-order valence-corrected chi connectivity index (χ3v) is 1.37. The molecule has 0 fully saturated rings. The van der Waals surface area contributed by atoms with Crippen LogP contribution in [0.5, 0.6) is 0 Å². The van der Waals surface area contributed by atoms with E-state index in [1.807, 2.05) is 0 Å². The zero-order valence-electron chi connectivity index (χ0n) is 6.79. The second-order valence-corrected chi connectivity index (χ2v) is 2.57. The first-order valence-corrected chi connectivity index (χ1v) is 3.38. The predicted molar refractivity (Wildman–Crippen MR) is 42.4 cm³/mol. The quantitative estimate of drug-likeness (QED) is 0.482. The Hall–Kier alpha value is -1.03. The Labute approximate surface area is 65.9 Å². The van der Waals surface area contributed by atoms with Crippen molar-refractivity contribution in [2.45, 2.75) is 26.4 Å². The molecule has 4 nitrogen and oxygen atoms in total. The van der Waals surface area contributed by atoms with Gasteiger partial charge in [-0.3, -0.25) is 4.79 Å². The van der Waals surface area contributed by atoms with Crippen LogP contribution in [-0.2, 0) is 4.79 Å². The molecule has 4 heteroatoms. The van der Waals surface area contributed by atoms with E-state index in [2.05, 4.69) is 0 Å². The molecule has 0 aliphatic heterocycles. The molecule has 1 amide bonds. The number of hydrogen-bond donors (Lipinski definition) is 3. The highest BCUT2D eigenvalue weighted by molar-refractivity contribution is 5.91. The molecule has 0 radical (unpaired) electrons. The van der Waals surface area contributed by atoms with Crippen molar-refractivity contribution in [2.75, 3.05) is 0 Å². The van der Waals surface area contributed by atoms with Gasteiger partial charge in [0.25, 0.3) is 0 Å². The minimum absolute atomic E-state index is 0.286. The highest BCUT2D eigenvalue weighted by Gasteiger charge is 2.05. The average molecular weight is 158 g/mol. The summed E-state index contributed by atoms with van der Waals surface area (Å²) in [6, 6.07) is 0. The van der Waals surface area contributed by atoms with Gasteiger partial charge in [0.15, 0.2) is 0 Å². The highest BCUT2D eigenvalue weighted by atomic mass is 16.3. The van der Waals surface area contributed by atoms with E-state index in [1.54, 1.807) is 13.8 Å². The molecule has 64 valence electrons. The molecule has 11 heavy (non-hydrogen) atoms. The van der Waals surface area contributed by atoms with Gasteiger partial charge in [0.2, 0.25) is 5.91 Å². The summed E-state index contributed by atoms with van der Waals surface area (Å²) < 4.78 is 0. The lowest BCUT2D eigenvalue weighted by molar-refractivity contribution is -0.114. The van der Waals surface area contributed by atoms with Gasteiger partial charge < -0.3 is 16.6 Å². The number of nitrogens with two attached hydrogens (primary N) is 2. The van der Waals surface area contributed by atoms with Gasteiger partial charge >= 0.3 is 0 Å². The fourth-order valence-electron chi connectivity index (χ4n) is 0.630. The van der Waals surface area contributed by atoms with Crippen molar-refractivity contribution in [2.24, 2.45) is 11.5 Å². The largest absolute Gasteiger partial charge is 0.402 e. The van der Waals surface area contributed by atoms with E-state index in [9.17, 15) is 4.79 Å². The van der Waals surface area contributed by atoms with Crippen molar-refractivity contribution in [1.29, 1.82) is 0 Å². The minimum Gasteiger partial charge on any atom is -0.402 e. The van der Waals surface area contributed by atoms with Crippen molar-refractivity contribution >= 4 is 5.91 Å². The summed E-state index contributed by atoms with van der Waals surface area (Å²) in [4.78, 5) is 10.5. The maximum atomic E-state index is 10.5. The molecule has 1 atom stereocenters. The monoisotopic (exact) mass is 158 g/mol. The fourth-order valence-corrected chi connectivity index (χ4v) is 0.630. The molecule has 5 N–H and O–H groups in total. The Kier molecular flexibility index (Phi) is 3.60. The average Bonchev–Trinajstić information content (AvgIpc) is 1.84. The van der Waals surface area contributed by atoms with Crippen LogP contribution in [0, 0.1) is 0 Å². The van der Waals surface area contributed by atoms with Crippen LogP contribution in [-0.4, -0.2) is 17.1 Å². The highest BCUT2D eigenvalue weighted by Crippen LogP contribution is 2.04. The van der Waals surface area contributed by atoms with Gasteiger partial charge in [-0.2, -0.15) is 0 Å². The SMILES string of the molecule is CC(C(N)=O)=C(N)CC(C)O. The molecule has 1 unspecified atom stereocenters. The Morgan fingerprint density at radius 2 is 2.00 bits per heavy atom. The maximum absolute atomic E-state index is 10.5. The van der Waals surface area contributed by atoms with E-state index >= 15 is 0 Å². The van der Waals surface area contributed by atoms with Crippen LogP contribution in [0.2, 0.25) is 0 Å². The molecule has 0 saturated heterocycles. The first-order chi connectivity index (χ1) is 4.95. The molecule has 0 aromatic heterocycles. The maximum Gasteiger partial charge on any atom is 0.246 e. The lowest BCUT2D eigenvalue weighted by atomic mass is 10.1. The molecule has 0 rings (SSSR count). The number of aliphatic hydroxyl groups excluding tert-OH is 1. The third-order valence-electron chi connectivity index (χ3n) is 1.37. The molecule has 0 spiro atoms. The molecule has 0 saturated carbocycles. The second-order valence-electron chi connectivity index (χ2n) is 2.57. The number of carbonyl (C=O) groups is 1. The van der Waals surface area contributed by atoms with Crippen LogP contribution in [0.1, 0.15) is 20.3 Å². The van der Waals surface area contributed by atoms with Crippen LogP contribution in [0.25, 0.3) is 0 Å². The van der Waals surface area contributed by atoms with Crippen LogP contribution in [0.15, 0.2) is 11.3 Å². The first kappa shape index (κ1) is 9.97. The smallest absolute Gasteiger partial charge is 0.246 e. The summed E-state index contributed by atoms with van der Waals surface area (Å²) in [5.41, 5.74) is 11.1. The van der Waals surface area contributed by atoms with E-state index in [1.165, 1.54) is 0 Å². The third kappa shape index (κ3) is 3.62. The van der Waals surface area contributed by atoms with E-state index in [-0.39, 0.29) is 6.42 Å². The van der Waals surface area contributed by atoms with Crippen LogP contribution in [0.4, 0.5) is 0 Å². The lowest BCUT2D eigenvalue weighted by Gasteiger charge is -2.06. The number of aliphatic hydroxyl groups is 1. The predicted octanol–water partition coefficient (Wildman–Crippen LogP) is -0.525. The van der Waals surface area contributed by atoms with Gasteiger partial charge in [-0.25, -0.2) is 0 Å². The van der Waals surface area contributed by atoms with Gasteiger partial charge in [-0.1, -0.05) is 0 Å². The van der Waals surface area contributed by atoms with Crippen LogP contribution >= 0.6 is 0 Å². The zero-order chi connectivity index (χ0) is 9.02. The van der Waals surface area contributed by atoms with Crippen molar-refractivity contribution in [3.63, 3.8) is 0 Å². The molecule has 0 aliphatic rings. The Bertz CT molecular complexity index is 185. The second kappa shape index (κ2) is 3.98. The van der Waals surface area contributed by atoms with Gasteiger partial charge in [-0.15, -0.1) is 0 Å². The van der Waals surface area contributed by atoms with Crippen molar-refractivity contribution in [1.82, 2.24) is 0 Å². The summed E-state index contributed by atoms with van der Waals surface area (Å²) in [6.45, 7) is 3.14. The van der Waals surface area contributed by atoms with E-state index < -0.39 is 12.0 Å². The minimum atomic E-state index is -0.539. The first-order valence-electron chi connectivity index (χ1n) is 3.38. The van der Waals surface area contributed by atoms with Crippen molar-refractivity contribution in [3.8, 4) is 0 Å². The van der Waals surface area contributed by atoms with Gasteiger partial charge in [0.1, 0.15) is 0 Å². The van der Waals surface area contributed by atoms with E-state index in [4.69, 9.17) is 16.6 Å². The van der Waals surface area contributed by atoms with E-state index in [0.717, 1.165) is 0 Å². The standard InChI is InChI=1S/C7H14N2O2/c1-4(10)3-6(8)5(2)7(9)11/h4,10H,3,8H2,1-2H3,(H2,9,11). The molecular weight excluding hydrogens is 144 g/mol. The zero-order valence-corrected chi connectivity index (χ0v) is 6.79. The van der Waals surface area contributed by atoms with Crippen LogP contribution in [0.3, 0.4) is 0 Å². The van der Waals surface area contributed by atoms with E-state index in [0.29, 0.717) is 11.3 Å². The normalized spacial score (nSPS) is 15.5.